The molecule has 0 aliphatic rings. The third-order valence-corrected chi connectivity index (χ3v) is 2.77. The molecule has 0 bridgehead atoms. The zero-order valence-electron chi connectivity index (χ0n) is 11.0. The first kappa shape index (κ1) is 13.0. The molecule has 0 aliphatic heterocycles. The molecule has 100 valence electrons. The van der Waals surface area contributed by atoms with Crippen molar-refractivity contribution in [2.24, 2.45) is 0 Å². The lowest BCUT2D eigenvalue weighted by atomic mass is 10.1. The van der Waals surface area contributed by atoms with Crippen LogP contribution in [0, 0.1) is 6.92 Å². The molecule has 19 heavy (non-hydrogen) atoms. The minimum Gasteiger partial charge on any atom is -0.496 e. The van der Waals surface area contributed by atoms with E-state index in [4.69, 9.17) is 4.74 Å². The van der Waals surface area contributed by atoms with E-state index in [9.17, 15) is 4.79 Å². The molecule has 1 atom stereocenters. The fourth-order valence-electron chi connectivity index (χ4n) is 1.66. The van der Waals surface area contributed by atoms with E-state index in [-0.39, 0.29) is 11.9 Å². The predicted octanol–water partition coefficient (Wildman–Crippen LogP) is 1.01. The van der Waals surface area contributed by atoms with Crippen molar-refractivity contribution in [2.75, 3.05) is 7.11 Å². The van der Waals surface area contributed by atoms with Crippen LogP contribution in [0.15, 0.2) is 18.2 Å². The van der Waals surface area contributed by atoms with Gasteiger partial charge in [-0.1, -0.05) is 11.3 Å². The highest BCUT2D eigenvalue weighted by atomic mass is 16.5. The first-order chi connectivity index (χ1) is 9.11. The number of nitrogens with zero attached hydrogens (tertiary/aromatic N) is 3. The van der Waals surface area contributed by atoms with Gasteiger partial charge in [0.05, 0.1) is 13.2 Å². The molecule has 7 heteroatoms. The molecule has 1 aromatic carbocycles. The van der Waals surface area contributed by atoms with E-state index in [1.807, 2.05) is 13.0 Å². The number of hydrogen-bond acceptors (Lipinski definition) is 5. The summed E-state index contributed by atoms with van der Waals surface area (Å²) in [6.07, 6.45) is 0. The van der Waals surface area contributed by atoms with Crippen LogP contribution >= 0.6 is 0 Å². The molecule has 1 heterocycles. The SMILES string of the molecule is COc1cc(C(=O)NC(C)c2nn[nH]n2)ccc1C. The lowest BCUT2D eigenvalue weighted by Gasteiger charge is -2.11. The Balaban J connectivity index is 2.12. The third-order valence-electron chi connectivity index (χ3n) is 2.77. The van der Waals surface area contributed by atoms with E-state index in [1.54, 1.807) is 26.2 Å². The largest absolute Gasteiger partial charge is 0.496 e. The van der Waals surface area contributed by atoms with Gasteiger partial charge in [-0.2, -0.15) is 5.21 Å². The molecule has 0 saturated carbocycles. The number of methoxy groups -OCH3 is 1. The second-order valence-corrected chi connectivity index (χ2v) is 4.15. The molecule has 2 N–H and O–H groups in total. The smallest absolute Gasteiger partial charge is 0.251 e. The monoisotopic (exact) mass is 261 g/mol. The Bertz CT molecular complexity index is 568. The molecule has 1 unspecified atom stereocenters. The quantitative estimate of drug-likeness (QED) is 0.856. The van der Waals surface area contributed by atoms with Crippen molar-refractivity contribution in [3.05, 3.63) is 35.2 Å². The maximum absolute atomic E-state index is 12.1. The van der Waals surface area contributed by atoms with Crippen LogP contribution in [0.5, 0.6) is 5.75 Å². The Kier molecular flexibility index (Phi) is 3.74. The van der Waals surface area contributed by atoms with Crippen molar-refractivity contribution >= 4 is 5.91 Å². The van der Waals surface area contributed by atoms with Crippen LogP contribution in [0.3, 0.4) is 0 Å². The summed E-state index contributed by atoms with van der Waals surface area (Å²) < 4.78 is 5.19. The Morgan fingerprint density at radius 3 is 2.89 bits per heavy atom. The van der Waals surface area contributed by atoms with Crippen LogP contribution in [-0.2, 0) is 0 Å². The minimum atomic E-state index is -0.321. The standard InChI is InChI=1S/C12H15N5O2/c1-7-4-5-9(6-10(7)19-3)12(18)13-8(2)11-14-16-17-15-11/h4-6,8H,1-3H3,(H,13,18)(H,14,15,16,17). The average Bonchev–Trinajstić information content (AvgIpc) is 2.93. The lowest BCUT2D eigenvalue weighted by molar-refractivity contribution is 0.0938. The van der Waals surface area contributed by atoms with E-state index >= 15 is 0 Å². The number of tetrazole rings is 1. The fraction of sp³-hybridized carbons (Fsp3) is 0.333. The summed E-state index contributed by atoms with van der Waals surface area (Å²) in [6, 6.07) is 4.97. The van der Waals surface area contributed by atoms with Gasteiger partial charge >= 0.3 is 0 Å². The summed E-state index contributed by atoms with van der Waals surface area (Å²) in [6.45, 7) is 3.70. The van der Waals surface area contributed by atoms with Crippen molar-refractivity contribution in [3.8, 4) is 5.75 Å². The van der Waals surface area contributed by atoms with Crippen LogP contribution in [0.2, 0.25) is 0 Å². The summed E-state index contributed by atoms with van der Waals surface area (Å²) in [7, 11) is 1.58. The number of nitrogens with one attached hydrogen (secondary N) is 2. The highest BCUT2D eigenvalue weighted by Crippen LogP contribution is 2.19. The molecule has 7 nitrogen and oxygen atoms in total. The lowest BCUT2D eigenvalue weighted by Crippen LogP contribution is -2.27. The predicted molar refractivity (Wildman–Crippen MR) is 67.8 cm³/mol. The first-order valence-corrected chi connectivity index (χ1v) is 5.80. The summed E-state index contributed by atoms with van der Waals surface area (Å²) in [5.41, 5.74) is 1.50. The Hall–Kier alpha value is -2.44. The molecule has 0 spiro atoms. The van der Waals surface area contributed by atoms with E-state index < -0.39 is 0 Å². The van der Waals surface area contributed by atoms with Crippen LogP contribution in [0.25, 0.3) is 0 Å². The molecule has 0 radical (unpaired) electrons. The van der Waals surface area contributed by atoms with Crippen molar-refractivity contribution in [3.63, 3.8) is 0 Å². The number of hydrogen-bond donors (Lipinski definition) is 2. The Morgan fingerprint density at radius 2 is 2.26 bits per heavy atom. The molecular weight excluding hydrogens is 246 g/mol. The Morgan fingerprint density at radius 1 is 1.47 bits per heavy atom. The topological polar surface area (TPSA) is 92.8 Å². The van der Waals surface area contributed by atoms with Gasteiger partial charge in [-0.05, 0) is 31.5 Å². The van der Waals surface area contributed by atoms with Gasteiger partial charge in [0.1, 0.15) is 5.75 Å². The number of ether oxygens (including phenoxy) is 1. The van der Waals surface area contributed by atoms with Crippen molar-refractivity contribution in [1.82, 2.24) is 25.9 Å². The number of rotatable bonds is 4. The van der Waals surface area contributed by atoms with Crippen molar-refractivity contribution in [1.29, 1.82) is 0 Å². The molecule has 0 fully saturated rings. The maximum atomic E-state index is 12.1. The van der Waals surface area contributed by atoms with Crippen molar-refractivity contribution in [2.45, 2.75) is 19.9 Å². The van der Waals surface area contributed by atoms with Gasteiger partial charge in [-0.25, -0.2) is 0 Å². The van der Waals surface area contributed by atoms with Crippen molar-refractivity contribution < 1.29 is 9.53 Å². The van der Waals surface area contributed by atoms with Gasteiger partial charge in [0, 0.05) is 5.56 Å². The minimum absolute atomic E-state index is 0.212. The van der Waals surface area contributed by atoms with Gasteiger partial charge in [0.15, 0.2) is 5.82 Å². The van der Waals surface area contributed by atoms with Gasteiger partial charge < -0.3 is 10.1 Å². The summed E-state index contributed by atoms with van der Waals surface area (Å²) in [5, 5.41) is 16.2. The van der Waals surface area contributed by atoms with E-state index in [0.29, 0.717) is 17.1 Å². The van der Waals surface area contributed by atoms with Crippen LogP contribution in [0.4, 0.5) is 0 Å². The molecular formula is C12H15N5O2. The fourth-order valence-corrected chi connectivity index (χ4v) is 1.66. The van der Waals surface area contributed by atoms with Gasteiger partial charge in [0.2, 0.25) is 0 Å². The number of aromatic amines is 1. The number of carbonyl (C=O) groups excluding carboxylic acids is 1. The van der Waals surface area contributed by atoms with Gasteiger partial charge in [-0.3, -0.25) is 4.79 Å². The molecule has 0 aliphatic carbocycles. The molecule has 1 aromatic heterocycles. The van der Waals surface area contributed by atoms with E-state index in [0.717, 1.165) is 5.56 Å². The summed E-state index contributed by atoms with van der Waals surface area (Å²) in [4.78, 5) is 12.1. The molecule has 0 saturated heterocycles. The average molecular weight is 261 g/mol. The second-order valence-electron chi connectivity index (χ2n) is 4.15. The molecule has 2 aromatic rings. The molecule has 1 amide bonds. The number of carbonyl (C=O) groups is 1. The highest BCUT2D eigenvalue weighted by Gasteiger charge is 2.15. The van der Waals surface area contributed by atoms with Gasteiger partial charge in [-0.15, -0.1) is 10.2 Å². The number of amides is 1. The normalized spacial score (nSPS) is 11.9. The Labute approximate surface area is 110 Å². The zero-order valence-corrected chi connectivity index (χ0v) is 11.0. The van der Waals surface area contributed by atoms with E-state index in [1.165, 1.54) is 0 Å². The van der Waals surface area contributed by atoms with Crippen LogP contribution in [-0.4, -0.2) is 33.6 Å². The van der Waals surface area contributed by atoms with Crippen LogP contribution in [0.1, 0.15) is 34.7 Å². The first-order valence-electron chi connectivity index (χ1n) is 5.80. The van der Waals surface area contributed by atoms with Gasteiger partial charge in [0.25, 0.3) is 5.91 Å². The number of aryl methyl sites for hydroxylation is 1. The number of benzene rings is 1. The molecule has 2 rings (SSSR count). The number of aromatic nitrogens is 4. The zero-order chi connectivity index (χ0) is 13.8. The summed E-state index contributed by atoms with van der Waals surface area (Å²) in [5.74, 6) is 0.905. The van der Waals surface area contributed by atoms with Crippen LogP contribution < -0.4 is 10.1 Å². The van der Waals surface area contributed by atoms with E-state index in [2.05, 4.69) is 25.9 Å². The number of H-pyrrole nitrogens is 1. The summed E-state index contributed by atoms with van der Waals surface area (Å²) >= 11 is 0. The highest BCUT2D eigenvalue weighted by molar-refractivity contribution is 5.94. The third kappa shape index (κ3) is 2.87. The maximum Gasteiger partial charge on any atom is 0.251 e. The second kappa shape index (κ2) is 5.47.